The van der Waals surface area contributed by atoms with Gasteiger partial charge in [0.25, 0.3) is 5.91 Å². The summed E-state index contributed by atoms with van der Waals surface area (Å²) in [7, 11) is -1.83. The minimum Gasteiger partial charge on any atom is -0.345 e. The maximum atomic E-state index is 13.2. The second kappa shape index (κ2) is 9.10. The van der Waals surface area contributed by atoms with Crippen molar-refractivity contribution in [2.45, 2.75) is 30.7 Å². The molecule has 2 aliphatic heterocycles. The van der Waals surface area contributed by atoms with Crippen LogP contribution in [0.3, 0.4) is 0 Å². The highest BCUT2D eigenvalue weighted by molar-refractivity contribution is 7.89. The zero-order valence-electron chi connectivity index (χ0n) is 17.8. The van der Waals surface area contributed by atoms with Crippen LogP contribution in [-0.4, -0.2) is 72.3 Å². The van der Waals surface area contributed by atoms with Gasteiger partial charge in [0.1, 0.15) is 16.4 Å². The highest BCUT2D eigenvalue weighted by Crippen LogP contribution is 2.23. The Morgan fingerprint density at radius 3 is 2.39 bits per heavy atom. The molecule has 0 aliphatic carbocycles. The standard InChI is InChI=1S/C22H29FN4O3S/c1-24-17-20(31(29,30)27-11-2-3-12-27)15-21(24)22(28)26-10-4-9-25(13-14-26)16-18-5-7-19(23)8-6-18/h5-8,15,17H,2-4,9-14,16H2,1H3. The molecule has 0 radical (unpaired) electrons. The van der Waals surface area contributed by atoms with Crippen LogP contribution in [0.2, 0.25) is 0 Å². The van der Waals surface area contributed by atoms with Crippen LogP contribution >= 0.6 is 0 Å². The molecule has 2 fully saturated rings. The second-order valence-corrected chi connectivity index (χ2v) is 10.3. The van der Waals surface area contributed by atoms with E-state index in [1.807, 2.05) is 0 Å². The van der Waals surface area contributed by atoms with E-state index in [-0.39, 0.29) is 16.6 Å². The Kier molecular flexibility index (Phi) is 6.45. The largest absolute Gasteiger partial charge is 0.345 e. The number of nitrogens with zero attached hydrogens (tertiary/aromatic N) is 4. The number of aromatic nitrogens is 1. The quantitative estimate of drug-likeness (QED) is 0.704. The second-order valence-electron chi connectivity index (χ2n) is 8.33. The van der Waals surface area contributed by atoms with Crippen LogP contribution < -0.4 is 0 Å². The maximum Gasteiger partial charge on any atom is 0.270 e. The zero-order chi connectivity index (χ0) is 22.0. The van der Waals surface area contributed by atoms with Crippen molar-refractivity contribution in [3.8, 4) is 0 Å². The molecule has 168 valence electrons. The molecule has 2 aromatic rings. The average molecular weight is 449 g/mol. The average Bonchev–Trinajstić information content (AvgIpc) is 3.36. The fourth-order valence-electron chi connectivity index (χ4n) is 4.31. The van der Waals surface area contributed by atoms with Gasteiger partial charge in [0.2, 0.25) is 10.0 Å². The fourth-order valence-corrected chi connectivity index (χ4v) is 5.90. The number of hydrogen-bond acceptors (Lipinski definition) is 4. The molecule has 31 heavy (non-hydrogen) atoms. The Balaban J connectivity index is 1.42. The first-order valence-electron chi connectivity index (χ1n) is 10.8. The third kappa shape index (κ3) is 4.83. The van der Waals surface area contributed by atoms with E-state index in [2.05, 4.69) is 4.90 Å². The summed E-state index contributed by atoms with van der Waals surface area (Å²) in [4.78, 5) is 17.4. The number of aryl methyl sites for hydroxylation is 1. The SMILES string of the molecule is Cn1cc(S(=O)(=O)N2CCCC2)cc1C(=O)N1CCCN(Cc2ccc(F)cc2)CC1. The molecule has 4 rings (SSSR count). The maximum absolute atomic E-state index is 13.2. The number of sulfonamides is 1. The summed E-state index contributed by atoms with van der Waals surface area (Å²) < 4.78 is 41.9. The predicted molar refractivity (Wildman–Crippen MR) is 116 cm³/mol. The highest BCUT2D eigenvalue weighted by Gasteiger charge is 2.30. The minimum absolute atomic E-state index is 0.144. The molecule has 0 bridgehead atoms. The molecule has 0 unspecified atom stereocenters. The molecule has 0 N–H and O–H groups in total. The van der Waals surface area contributed by atoms with Gasteiger partial charge in [-0.1, -0.05) is 12.1 Å². The first-order valence-corrected chi connectivity index (χ1v) is 12.2. The van der Waals surface area contributed by atoms with E-state index in [1.165, 1.54) is 22.5 Å². The normalized spacial score (nSPS) is 19.0. The van der Waals surface area contributed by atoms with E-state index in [4.69, 9.17) is 0 Å². The Morgan fingerprint density at radius 1 is 0.968 bits per heavy atom. The Bertz CT molecular complexity index is 1030. The Morgan fingerprint density at radius 2 is 1.68 bits per heavy atom. The van der Waals surface area contributed by atoms with Crippen LogP contribution in [0.5, 0.6) is 0 Å². The molecule has 1 aromatic heterocycles. The molecule has 2 saturated heterocycles. The molecule has 2 aliphatic rings. The molecule has 9 heteroatoms. The summed E-state index contributed by atoms with van der Waals surface area (Å²) in [5, 5.41) is 0. The van der Waals surface area contributed by atoms with E-state index in [0.717, 1.165) is 31.4 Å². The van der Waals surface area contributed by atoms with Gasteiger partial charge >= 0.3 is 0 Å². The third-order valence-corrected chi connectivity index (χ3v) is 7.96. The van der Waals surface area contributed by atoms with Crippen molar-refractivity contribution < 1.29 is 17.6 Å². The van der Waals surface area contributed by atoms with Gasteiger partial charge in [-0.15, -0.1) is 0 Å². The summed E-state index contributed by atoms with van der Waals surface area (Å²) in [5.41, 5.74) is 1.44. The van der Waals surface area contributed by atoms with Crippen LogP contribution in [-0.2, 0) is 23.6 Å². The number of hydrogen-bond donors (Lipinski definition) is 0. The Hall–Kier alpha value is -2.23. The van der Waals surface area contributed by atoms with E-state index >= 15 is 0 Å². The molecule has 1 amide bonds. The van der Waals surface area contributed by atoms with Gasteiger partial charge in [-0.25, -0.2) is 12.8 Å². The molecule has 0 atom stereocenters. The van der Waals surface area contributed by atoms with Gasteiger partial charge in [-0.2, -0.15) is 4.31 Å². The lowest BCUT2D eigenvalue weighted by atomic mass is 10.2. The zero-order valence-corrected chi connectivity index (χ0v) is 18.7. The summed E-state index contributed by atoms with van der Waals surface area (Å²) in [6.07, 6.45) is 4.12. The smallest absolute Gasteiger partial charge is 0.270 e. The minimum atomic E-state index is -3.55. The monoisotopic (exact) mass is 448 g/mol. The van der Waals surface area contributed by atoms with Crippen LogP contribution in [0, 0.1) is 5.82 Å². The van der Waals surface area contributed by atoms with Gasteiger partial charge < -0.3 is 9.47 Å². The topological polar surface area (TPSA) is 65.9 Å². The highest BCUT2D eigenvalue weighted by atomic mass is 32.2. The molecule has 3 heterocycles. The fraction of sp³-hybridized carbons (Fsp3) is 0.500. The number of carbonyl (C=O) groups is 1. The summed E-state index contributed by atoms with van der Waals surface area (Å²) in [6.45, 7) is 4.55. The van der Waals surface area contributed by atoms with E-state index in [1.54, 1.807) is 34.8 Å². The van der Waals surface area contributed by atoms with Crippen LogP contribution in [0.15, 0.2) is 41.4 Å². The first kappa shape index (κ1) is 22.0. The van der Waals surface area contributed by atoms with Crippen molar-refractivity contribution >= 4 is 15.9 Å². The molecule has 0 spiro atoms. The van der Waals surface area contributed by atoms with Gasteiger partial charge in [0, 0.05) is 59.1 Å². The number of carbonyl (C=O) groups excluding carboxylic acids is 1. The molecular formula is C22H29FN4O3S. The van der Waals surface area contributed by atoms with Crippen molar-refractivity contribution in [3.63, 3.8) is 0 Å². The van der Waals surface area contributed by atoms with Gasteiger partial charge in [-0.05, 0) is 43.0 Å². The van der Waals surface area contributed by atoms with Crippen molar-refractivity contribution in [1.29, 1.82) is 0 Å². The van der Waals surface area contributed by atoms with Crippen molar-refractivity contribution in [2.24, 2.45) is 7.05 Å². The van der Waals surface area contributed by atoms with Gasteiger partial charge in [-0.3, -0.25) is 9.69 Å². The van der Waals surface area contributed by atoms with Gasteiger partial charge in [0.05, 0.1) is 0 Å². The Labute approximate surface area is 183 Å². The molecule has 0 saturated carbocycles. The van der Waals surface area contributed by atoms with Crippen LogP contribution in [0.25, 0.3) is 0 Å². The number of benzene rings is 1. The molecule has 1 aromatic carbocycles. The van der Waals surface area contributed by atoms with E-state index in [9.17, 15) is 17.6 Å². The summed E-state index contributed by atoms with van der Waals surface area (Å²) >= 11 is 0. The van der Waals surface area contributed by atoms with E-state index in [0.29, 0.717) is 45.0 Å². The number of halogens is 1. The van der Waals surface area contributed by atoms with Crippen LogP contribution in [0.4, 0.5) is 4.39 Å². The van der Waals surface area contributed by atoms with Crippen molar-refractivity contribution in [3.05, 3.63) is 53.6 Å². The lowest BCUT2D eigenvalue weighted by Crippen LogP contribution is -2.36. The van der Waals surface area contributed by atoms with Crippen molar-refractivity contribution in [2.75, 3.05) is 39.3 Å². The van der Waals surface area contributed by atoms with Crippen molar-refractivity contribution in [1.82, 2.24) is 18.7 Å². The number of amides is 1. The summed E-state index contributed by atoms with van der Waals surface area (Å²) in [6, 6.07) is 8.01. The summed E-state index contributed by atoms with van der Waals surface area (Å²) in [5.74, 6) is -0.390. The third-order valence-electron chi connectivity index (χ3n) is 6.10. The lowest BCUT2D eigenvalue weighted by molar-refractivity contribution is 0.0751. The van der Waals surface area contributed by atoms with E-state index < -0.39 is 10.0 Å². The molecular weight excluding hydrogens is 419 g/mol. The van der Waals surface area contributed by atoms with Gasteiger partial charge in [0.15, 0.2) is 0 Å². The first-order chi connectivity index (χ1) is 14.8. The van der Waals surface area contributed by atoms with Crippen LogP contribution in [0.1, 0.15) is 35.3 Å². The predicted octanol–water partition coefficient (Wildman–Crippen LogP) is 2.30. The molecule has 7 nitrogen and oxygen atoms in total. The lowest BCUT2D eigenvalue weighted by Gasteiger charge is -2.22. The number of rotatable bonds is 5.